The molecule has 6 heteroatoms. The highest BCUT2D eigenvalue weighted by molar-refractivity contribution is 7.99. The van der Waals surface area contributed by atoms with E-state index in [4.69, 9.17) is 16.6 Å². The predicted molar refractivity (Wildman–Crippen MR) is 172 cm³/mol. The second kappa shape index (κ2) is 12.7. The Bertz CT molecular complexity index is 1370. The van der Waals surface area contributed by atoms with E-state index in [9.17, 15) is 15.0 Å². The highest BCUT2D eigenvalue weighted by atomic mass is 35.5. The number of fused-ring (bicyclic) bond motifs is 1. The van der Waals surface area contributed by atoms with Gasteiger partial charge in [-0.1, -0.05) is 72.3 Å². The number of aliphatic carboxylic acids is 1. The molecule has 0 amide bonds. The molecule has 0 saturated heterocycles. The Kier molecular flexibility index (Phi) is 9.27. The van der Waals surface area contributed by atoms with Crippen LogP contribution in [-0.4, -0.2) is 38.9 Å². The maximum atomic E-state index is 11.5. The molecule has 4 nitrogen and oxygen atoms in total. The molecule has 0 radical (unpaired) electrons. The van der Waals surface area contributed by atoms with Crippen molar-refractivity contribution in [3.63, 3.8) is 0 Å². The number of allylic oxidation sites excluding steroid dienone is 9. The zero-order valence-corrected chi connectivity index (χ0v) is 25.5. The largest absolute Gasteiger partial charge is 0.481 e. The van der Waals surface area contributed by atoms with Gasteiger partial charge in [0.2, 0.25) is 0 Å². The molecule has 216 valence electrons. The summed E-state index contributed by atoms with van der Waals surface area (Å²) in [5.74, 6) is 0.535. The second-order valence-electron chi connectivity index (χ2n) is 12.4. The van der Waals surface area contributed by atoms with Crippen LogP contribution in [0, 0.1) is 11.3 Å². The van der Waals surface area contributed by atoms with Crippen LogP contribution in [0.4, 0.5) is 0 Å². The molecule has 0 bridgehead atoms. The van der Waals surface area contributed by atoms with Crippen LogP contribution in [0.1, 0.15) is 63.5 Å². The first kappa shape index (κ1) is 29.9. The van der Waals surface area contributed by atoms with Crippen molar-refractivity contribution in [1.29, 1.82) is 0 Å². The zero-order valence-electron chi connectivity index (χ0n) is 23.9. The van der Waals surface area contributed by atoms with Gasteiger partial charge < -0.3 is 10.2 Å². The maximum absolute atomic E-state index is 11.5. The van der Waals surface area contributed by atoms with Gasteiger partial charge in [0.1, 0.15) is 0 Å². The number of carboxylic acids is 1. The van der Waals surface area contributed by atoms with E-state index >= 15 is 0 Å². The van der Waals surface area contributed by atoms with E-state index in [1.807, 2.05) is 49.9 Å². The first-order chi connectivity index (χ1) is 19.6. The Hall–Kier alpha value is -2.60. The van der Waals surface area contributed by atoms with Crippen molar-refractivity contribution in [2.45, 2.75) is 75.7 Å². The van der Waals surface area contributed by atoms with Crippen LogP contribution in [0.2, 0.25) is 0 Å². The highest BCUT2D eigenvalue weighted by Crippen LogP contribution is 2.52. The summed E-state index contributed by atoms with van der Waals surface area (Å²) in [5, 5.41) is 21.4. The van der Waals surface area contributed by atoms with Gasteiger partial charge in [0.25, 0.3) is 0 Å². The number of carboxylic acid groups (broad SMARTS) is 1. The van der Waals surface area contributed by atoms with Gasteiger partial charge in [0.15, 0.2) is 0 Å². The standard InChI is InChI=1S/C35H40ClNO3S/c1-34(2,40)30-9-4-3-7-25(30)13-17-32(41-23-35(18-19-35)22-33(38)39)27-8-5-6-24(20-27)10-15-29-16-12-26-11-14-28(36)21-31(26)37-29/h3-12,14-16,27,31-32,40H,13,17-23H2,1-2H3,(H,38,39)/b15-10+/t27?,31?,32-/m1/s1. The summed E-state index contributed by atoms with van der Waals surface area (Å²) in [6, 6.07) is 8.28. The lowest BCUT2D eigenvalue weighted by molar-refractivity contribution is -0.138. The van der Waals surface area contributed by atoms with Crippen molar-refractivity contribution in [3.05, 3.63) is 106 Å². The number of rotatable bonds is 12. The van der Waals surface area contributed by atoms with Gasteiger partial charge in [-0.2, -0.15) is 11.8 Å². The number of thioether (sulfide) groups is 1. The third-order valence-electron chi connectivity index (χ3n) is 8.53. The third-order valence-corrected chi connectivity index (χ3v) is 10.6. The van der Waals surface area contributed by atoms with Crippen LogP contribution in [0.3, 0.4) is 0 Å². The molecule has 3 atom stereocenters. The van der Waals surface area contributed by atoms with Gasteiger partial charge in [-0.15, -0.1) is 0 Å². The van der Waals surface area contributed by atoms with Gasteiger partial charge in [0, 0.05) is 16.7 Å². The second-order valence-corrected chi connectivity index (χ2v) is 14.1. The molecule has 4 aliphatic rings. The first-order valence-corrected chi connectivity index (χ1v) is 16.0. The summed E-state index contributed by atoms with van der Waals surface area (Å²) >= 11 is 8.20. The molecule has 1 heterocycles. The van der Waals surface area contributed by atoms with E-state index in [1.54, 1.807) is 0 Å². The minimum absolute atomic E-state index is 0.0489. The molecule has 1 fully saturated rings. The molecule has 0 aromatic heterocycles. The molecule has 1 aliphatic heterocycles. The molecule has 1 aromatic carbocycles. The number of benzene rings is 1. The van der Waals surface area contributed by atoms with Gasteiger partial charge in [-0.3, -0.25) is 9.79 Å². The SMILES string of the molecule is CC(C)(O)c1ccccc1CC[C@@H](SCC1(CC(=O)O)CC1)C1C=CC=C(/C=C/C2=NC3CC(Cl)=CC=C3C=C2)C1. The van der Waals surface area contributed by atoms with Gasteiger partial charge in [-0.05, 0) is 104 Å². The van der Waals surface area contributed by atoms with Gasteiger partial charge >= 0.3 is 5.97 Å². The Balaban J connectivity index is 1.27. The van der Waals surface area contributed by atoms with Crippen molar-refractivity contribution >= 4 is 35.0 Å². The number of carbonyl (C=O) groups is 1. The minimum Gasteiger partial charge on any atom is -0.481 e. The number of aliphatic imine (C=N–C) groups is 1. The summed E-state index contributed by atoms with van der Waals surface area (Å²) in [4.78, 5) is 16.4. The summed E-state index contributed by atoms with van der Waals surface area (Å²) in [6.45, 7) is 3.69. The highest BCUT2D eigenvalue weighted by Gasteiger charge is 2.45. The molecule has 2 unspecified atom stereocenters. The van der Waals surface area contributed by atoms with Crippen molar-refractivity contribution in [1.82, 2.24) is 0 Å². The van der Waals surface area contributed by atoms with Crippen LogP contribution in [0.25, 0.3) is 0 Å². The normalized spacial score (nSPS) is 23.8. The monoisotopic (exact) mass is 589 g/mol. The molecular weight excluding hydrogens is 550 g/mol. The van der Waals surface area contributed by atoms with E-state index in [-0.39, 0.29) is 17.9 Å². The van der Waals surface area contributed by atoms with Crippen molar-refractivity contribution in [3.8, 4) is 0 Å². The lowest BCUT2D eigenvalue weighted by Gasteiger charge is -2.29. The number of aryl methyl sites for hydroxylation is 1. The van der Waals surface area contributed by atoms with Crippen molar-refractivity contribution in [2.75, 3.05) is 5.75 Å². The minimum atomic E-state index is -0.893. The zero-order chi connectivity index (χ0) is 29.0. The van der Waals surface area contributed by atoms with Gasteiger partial charge in [0.05, 0.1) is 23.8 Å². The Labute approximate surface area is 253 Å². The Morgan fingerprint density at radius 3 is 2.73 bits per heavy atom. The fourth-order valence-electron chi connectivity index (χ4n) is 5.97. The number of aliphatic hydroxyl groups is 1. The van der Waals surface area contributed by atoms with Crippen LogP contribution in [0.15, 0.2) is 100 Å². The number of halogens is 1. The van der Waals surface area contributed by atoms with Gasteiger partial charge in [-0.25, -0.2) is 0 Å². The maximum Gasteiger partial charge on any atom is 0.303 e. The van der Waals surface area contributed by atoms with E-state index in [2.05, 4.69) is 54.7 Å². The number of hydrogen-bond donors (Lipinski definition) is 2. The average Bonchev–Trinajstić information content (AvgIpc) is 3.70. The fraction of sp³-hybridized carbons (Fsp3) is 0.429. The van der Waals surface area contributed by atoms with E-state index in [1.165, 1.54) is 16.7 Å². The molecule has 3 aliphatic carbocycles. The quantitative estimate of drug-likeness (QED) is 0.258. The molecule has 1 aromatic rings. The van der Waals surface area contributed by atoms with Crippen molar-refractivity contribution < 1.29 is 15.0 Å². The Morgan fingerprint density at radius 1 is 1.17 bits per heavy atom. The molecule has 2 N–H and O–H groups in total. The topological polar surface area (TPSA) is 69.9 Å². The van der Waals surface area contributed by atoms with E-state index in [0.29, 0.717) is 11.2 Å². The van der Waals surface area contributed by atoms with Crippen LogP contribution in [0.5, 0.6) is 0 Å². The van der Waals surface area contributed by atoms with Crippen LogP contribution in [-0.2, 0) is 16.8 Å². The molecule has 41 heavy (non-hydrogen) atoms. The number of dihydropyridines is 1. The van der Waals surface area contributed by atoms with E-state index in [0.717, 1.165) is 60.6 Å². The number of nitrogens with zero attached hydrogens (tertiary/aromatic N) is 1. The fourth-order valence-corrected chi connectivity index (χ4v) is 7.85. The van der Waals surface area contributed by atoms with E-state index < -0.39 is 11.6 Å². The lowest BCUT2D eigenvalue weighted by Crippen LogP contribution is -2.23. The molecule has 1 saturated carbocycles. The first-order valence-electron chi connectivity index (χ1n) is 14.6. The predicted octanol–water partition coefficient (Wildman–Crippen LogP) is 8.09. The summed E-state index contributed by atoms with van der Waals surface area (Å²) in [6.07, 6.45) is 25.0. The summed E-state index contributed by atoms with van der Waals surface area (Å²) in [5.41, 5.74) is 4.65. The third kappa shape index (κ3) is 8.03. The smallest absolute Gasteiger partial charge is 0.303 e. The lowest BCUT2D eigenvalue weighted by atomic mass is 9.86. The molecular formula is C35H40ClNO3S. The number of hydrogen-bond acceptors (Lipinski definition) is 4. The Morgan fingerprint density at radius 2 is 1.98 bits per heavy atom. The molecule has 0 spiro atoms. The average molecular weight is 590 g/mol. The molecule has 5 rings (SSSR count). The van der Waals surface area contributed by atoms with Crippen molar-refractivity contribution in [2.24, 2.45) is 16.3 Å². The van der Waals surface area contributed by atoms with Crippen LogP contribution < -0.4 is 0 Å². The summed E-state index contributed by atoms with van der Waals surface area (Å²) < 4.78 is 0. The van der Waals surface area contributed by atoms with Crippen LogP contribution >= 0.6 is 23.4 Å². The summed E-state index contributed by atoms with van der Waals surface area (Å²) in [7, 11) is 0.